The molecule has 0 amide bonds. The van der Waals surface area contributed by atoms with E-state index in [0.717, 1.165) is 5.57 Å². The SMILES string of the molecule is CC1(C)CC[C@]2(C(=O)O)[C@H](O)C[C@]3(C)C(=CC[C@@H]4[C@@]5(C)C[C@H](O)[C@H](O[C@@H]6O[C@H](CO)[C@@H](O)[C@H](O[C@@H]7O[C@H](CO)[C@@H](O)[C@H](O)[C@H]7O)[C@H]6O)[C@@](C)(CO)[C@H]5CC[C@]43C)[C@H]2C1. The van der Waals surface area contributed by atoms with Crippen molar-refractivity contribution >= 4 is 5.97 Å². The average Bonchev–Trinajstić information content (AvgIpc) is 3.15. The molecule has 0 radical (unpaired) electrons. The van der Waals surface area contributed by atoms with Crippen molar-refractivity contribution in [2.24, 2.45) is 50.2 Å². The number of aliphatic hydroxyl groups excluding tert-OH is 10. The van der Waals surface area contributed by atoms with Crippen LogP contribution < -0.4 is 0 Å². The normalized spacial score (nSPS) is 55.3. The van der Waals surface area contributed by atoms with Crippen LogP contribution in [-0.2, 0) is 23.7 Å². The third-order valence-electron chi connectivity index (χ3n) is 17.4. The molecule has 0 spiro atoms. The molecule has 332 valence electrons. The summed E-state index contributed by atoms with van der Waals surface area (Å²) >= 11 is 0. The van der Waals surface area contributed by atoms with Gasteiger partial charge in [0.15, 0.2) is 12.6 Å². The van der Waals surface area contributed by atoms with Gasteiger partial charge in [0.05, 0.1) is 38.1 Å². The van der Waals surface area contributed by atoms with Gasteiger partial charge in [-0.1, -0.05) is 53.2 Å². The number of aliphatic carboxylic acids is 1. The van der Waals surface area contributed by atoms with Crippen molar-refractivity contribution in [1.82, 2.24) is 0 Å². The summed E-state index contributed by atoms with van der Waals surface area (Å²) in [4.78, 5) is 13.1. The molecule has 2 saturated heterocycles. The maximum atomic E-state index is 13.1. The van der Waals surface area contributed by atoms with Crippen molar-refractivity contribution in [3.63, 3.8) is 0 Å². The van der Waals surface area contributed by atoms with Crippen molar-refractivity contribution in [2.75, 3.05) is 19.8 Å². The first kappa shape index (κ1) is 44.7. The van der Waals surface area contributed by atoms with Gasteiger partial charge in [-0.05, 0) is 90.8 Å². The molecule has 2 aliphatic heterocycles. The van der Waals surface area contributed by atoms with Crippen molar-refractivity contribution in [1.29, 1.82) is 0 Å². The zero-order valence-electron chi connectivity index (χ0n) is 34.6. The van der Waals surface area contributed by atoms with Crippen LogP contribution in [0.4, 0.5) is 0 Å². The molecule has 5 aliphatic carbocycles. The fourth-order valence-electron chi connectivity index (χ4n) is 13.9. The Morgan fingerprint density at radius 1 is 0.741 bits per heavy atom. The summed E-state index contributed by atoms with van der Waals surface area (Å²) in [5.74, 6) is -1.52. The Morgan fingerprint density at radius 3 is 1.97 bits per heavy atom. The highest BCUT2D eigenvalue weighted by atomic mass is 16.7. The molecular formula is C42H68O16. The standard InChI is InChI=1S/C42H68O16/c1-37(2)11-12-42(36(53)54)20(13-37)19-7-8-25-38(3)14-21(46)33(39(4,18-45)24(38)9-10-40(25,5)41(19,6)15-26(42)47)58-35-31(52)32(28(49)23(17-44)56-35)57-34-30(51)29(50)27(48)22(16-43)55-34/h7,20-35,43-52H,8-18H2,1-6H3,(H,53,54)/t20-,21+,22-,23-,24+,25-,26-,27-,28-,29+,30-,31-,32+,33+,34+,35+,38+,39+,40-,41-,42-/m1/s1. The van der Waals surface area contributed by atoms with E-state index in [1.165, 1.54) is 0 Å². The Labute approximate surface area is 339 Å². The molecule has 0 bridgehead atoms. The van der Waals surface area contributed by atoms with Gasteiger partial charge in [-0.3, -0.25) is 4.79 Å². The predicted molar refractivity (Wildman–Crippen MR) is 202 cm³/mol. The Hall–Kier alpha value is -1.35. The summed E-state index contributed by atoms with van der Waals surface area (Å²) in [7, 11) is 0. The number of hydrogen-bond acceptors (Lipinski definition) is 15. The smallest absolute Gasteiger partial charge is 0.312 e. The number of carboxylic acids is 1. The van der Waals surface area contributed by atoms with E-state index in [2.05, 4.69) is 40.7 Å². The first-order chi connectivity index (χ1) is 27.0. The maximum absolute atomic E-state index is 13.1. The summed E-state index contributed by atoms with van der Waals surface area (Å²) in [5.41, 5.74) is -2.84. The van der Waals surface area contributed by atoms with E-state index in [4.69, 9.17) is 18.9 Å². The lowest BCUT2D eigenvalue weighted by molar-refractivity contribution is -0.375. The lowest BCUT2D eigenvalue weighted by Gasteiger charge is -2.72. The van der Waals surface area contributed by atoms with Gasteiger partial charge in [0.25, 0.3) is 0 Å². The number of ether oxygens (including phenoxy) is 4. The highest BCUT2D eigenvalue weighted by Crippen LogP contribution is 2.76. The summed E-state index contributed by atoms with van der Waals surface area (Å²) < 4.78 is 23.5. The molecule has 0 unspecified atom stereocenters. The fraction of sp³-hybridized carbons (Fsp3) is 0.929. The third kappa shape index (κ3) is 6.33. The monoisotopic (exact) mass is 828 g/mol. The van der Waals surface area contributed by atoms with E-state index in [-0.39, 0.29) is 29.6 Å². The Balaban J connectivity index is 1.17. The van der Waals surface area contributed by atoms with Crippen molar-refractivity contribution in [3.05, 3.63) is 11.6 Å². The van der Waals surface area contributed by atoms with E-state index in [1.54, 1.807) is 0 Å². The molecule has 6 fully saturated rings. The first-order valence-corrected chi connectivity index (χ1v) is 21.2. The van der Waals surface area contributed by atoms with E-state index in [1.807, 2.05) is 6.92 Å². The van der Waals surface area contributed by atoms with Crippen molar-refractivity contribution < 1.29 is 79.9 Å². The second-order valence-electron chi connectivity index (χ2n) is 20.8. The second kappa shape index (κ2) is 15.2. The van der Waals surface area contributed by atoms with Crippen LogP contribution in [0.25, 0.3) is 0 Å². The summed E-state index contributed by atoms with van der Waals surface area (Å²) in [6.45, 7) is 10.9. The molecule has 2 heterocycles. The fourth-order valence-corrected chi connectivity index (χ4v) is 13.9. The van der Waals surface area contributed by atoms with Crippen LogP contribution in [0, 0.1) is 50.2 Å². The van der Waals surface area contributed by atoms with E-state index in [0.29, 0.717) is 44.9 Å². The summed E-state index contributed by atoms with van der Waals surface area (Å²) in [5, 5.41) is 120. The molecule has 0 aromatic rings. The minimum atomic E-state index is -1.85. The van der Waals surface area contributed by atoms with Crippen LogP contribution in [-0.4, -0.2) is 162 Å². The number of aliphatic hydroxyl groups is 10. The van der Waals surface area contributed by atoms with Gasteiger partial charge in [-0.15, -0.1) is 0 Å². The minimum Gasteiger partial charge on any atom is -0.481 e. The molecule has 7 aliphatic rings. The number of carboxylic acid groups (broad SMARTS) is 1. The number of fused-ring (bicyclic) bond motifs is 7. The molecule has 0 aromatic heterocycles. The molecular weight excluding hydrogens is 760 g/mol. The van der Waals surface area contributed by atoms with E-state index in [9.17, 15) is 61.0 Å². The van der Waals surface area contributed by atoms with Gasteiger partial charge in [0.2, 0.25) is 0 Å². The molecule has 7 rings (SSSR count). The van der Waals surface area contributed by atoms with Crippen LogP contribution >= 0.6 is 0 Å². The summed E-state index contributed by atoms with van der Waals surface area (Å²) in [6.07, 6.45) is -13.4. The van der Waals surface area contributed by atoms with Crippen LogP contribution in [0.1, 0.15) is 92.9 Å². The number of hydrogen-bond donors (Lipinski definition) is 11. The zero-order valence-corrected chi connectivity index (χ0v) is 34.6. The van der Waals surface area contributed by atoms with Gasteiger partial charge in [0.1, 0.15) is 54.2 Å². The Kier molecular flexibility index (Phi) is 11.7. The van der Waals surface area contributed by atoms with Gasteiger partial charge in [0, 0.05) is 5.41 Å². The quantitative estimate of drug-likeness (QED) is 0.112. The van der Waals surface area contributed by atoms with Crippen LogP contribution in [0.5, 0.6) is 0 Å². The van der Waals surface area contributed by atoms with Gasteiger partial charge in [-0.25, -0.2) is 0 Å². The zero-order chi connectivity index (χ0) is 42.7. The van der Waals surface area contributed by atoms with Gasteiger partial charge in [-0.2, -0.15) is 0 Å². The van der Waals surface area contributed by atoms with Crippen LogP contribution in [0.3, 0.4) is 0 Å². The molecule has 4 saturated carbocycles. The van der Waals surface area contributed by atoms with Gasteiger partial charge >= 0.3 is 5.97 Å². The minimum absolute atomic E-state index is 0.0307. The van der Waals surface area contributed by atoms with Crippen molar-refractivity contribution in [2.45, 2.75) is 173 Å². The number of carbonyl (C=O) groups is 1. The Morgan fingerprint density at radius 2 is 1.36 bits per heavy atom. The van der Waals surface area contributed by atoms with Gasteiger partial charge < -0.3 is 75.1 Å². The number of rotatable bonds is 8. The molecule has 11 N–H and O–H groups in total. The largest absolute Gasteiger partial charge is 0.481 e. The second-order valence-corrected chi connectivity index (χ2v) is 20.8. The molecule has 21 atom stereocenters. The predicted octanol–water partition coefficient (Wildman–Crippen LogP) is -0.204. The molecule has 0 aromatic carbocycles. The maximum Gasteiger partial charge on any atom is 0.312 e. The number of allylic oxidation sites excluding steroid dienone is 2. The van der Waals surface area contributed by atoms with Crippen molar-refractivity contribution in [3.8, 4) is 0 Å². The summed E-state index contributed by atoms with van der Waals surface area (Å²) in [6, 6.07) is 0. The Bertz CT molecular complexity index is 1570. The topological polar surface area (TPSA) is 277 Å². The highest BCUT2D eigenvalue weighted by Gasteiger charge is 2.72. The average molecular weight is 829 g/mol. The lowest BCUT2D eigenvalue weighted by Crippen LogP contribution is -2.70. The van der Waals surface area contributed by atoms with Crippen LogP contribution in [0.15, 0.2) is 11.6 Å². The molecule has 16 heteroatoms. The first-order valence-electron chi connectivity index (χ1n) is 21.2. The highest BCUT2D eigenvalue weighted by molar-refractivity contribution is 5.77. The van der Waals surface area contributed by atoms with E-state index >= 15 is 0 Å². The molecule has 58 heavy (non-hydrogen) atoms. The molecule has 16 nitrogen and oxygen atoms in total. The van der Waals surface area contributed by atoms with E-state index < -0.39 is 133 Å². The van der Waals surface area contributed by atoms with Crippen LogP contribution in [0.2, 0.25) is 0 Å². The third-order valence-corrected chi connectivity index (χ3v) is 17.4. The lowest BCUT2D eigenvalue weighted by atomic mass is 9.33.